The maximum atomic E-state index is 12.3. The molecule has 0 saturated heterocycles. The maximum Gasteiger partial charge on any atom is 0.416 e. The fourth-order valence-electron chi connectivity index (χ4n) is 0.733. The Bertz CT molecular complexity index is 159. The van der Waals surface area contributed by atoms with Crippen LogP contribution in [0.4, 0.5) is 17.6 Å². The van der Waals surface area contributed by atoms with Crippen molar-refractivity contribution in [2.45, 2.75) is 38.4 Å². The summed E-state index contributed by atoms with van der Waals surface area (Å²) < 4.78 is 51.8. The fourth-order valence-corrected chi connectivity index (χ4v) is 0.733. The highest BCUT2D eigenvalue weighted by Crippen LogP contribution is 2.31. The number of aliphatic hydroxyl groups is 1. The van der Waals surface area contributed by atoms with Crippen LogP contribution >= 0.6 is 0 Å². The van der Waals surface area contributed by atoms with E-state index in [1.807, 2.05) is 0 Å². The molecular formula is C7H12F4O2. The van der Waals surface area contributed by atoms with Crippen LogP contribution in [0.3, 0.4) is 0 Å². The predicted molar refractivity (Wildman–Crippen MR) is 37.8 cm³/mol. The first-order valence-electron chi connectivity index (χ1n) is 3.68. The summed E-state index contributed by atoms with van der Waals surface area (Å²) in [6.07, 6.45) is -8.45. The summed E-state index contributed by atoms with van der Waals surface area (Å²) in [5.74, 6) is 0. The van der Waals surface area contributed by atoms with Crippen LogP contribution in [-0.2, 0) is 4.74 Å². The maximum absolute atomic E-state index is 12.3. The second-order valence-corrected chi connectivity index (χ2v) is 3.20. The lowest BCUT2D eigenvalue weighted by atomic mass is 10.1. The zero-order valence-electron chi connectivity index (χ0n) is 7.36. The molecule has 0 radical (unpaired) electrons. The lowest BCUT2D eigenvalue weighted by Crippen LogP contribution is -2.40. The Balaban J connectivity index is 4.24. The van der Waals surface area contributed by atoms with Crippen LogP contribution in [0.2, 0.25) is 0 Å². The average Bonchev–Trinajstić information content (AvgIpc) is 1.83. The van der Waals surface area contributed by atoms with Gasteiger partial charge in [-0.15, -0.1) is 0 Å². The molecular weight excluding hydrogens is 192 g/mol. The molecule has 0 fully saturated rings. The molecule has 0 amide bonds. The molecule has 0 bridgehead atoms. The summed E-state index contributed by atoms with van der Waals surface area (Å²) in [4.78, 5) is 0. The van der Waals surface area contributed by atoms with Crippen molar-refractivity contribution in [2.75, 3.05) is 6.61 Å². The van der Waals surface area contributed by atoms with Crippen LogP contribution in [0.15, 0.2) is 0 Å². The van der Waals surface area contributed by atoms with Gasteiger partial charge in [0, 0.05) is 6.61 Å². The third kappa shape index (κ3) is 4.42. The van der Waals surface area contributed by atoms with Crippen molar-refractivity contribution in [1.82, 2.24) is 0 Å². The second kappa shape index (κ2) is 4.23. The zero-order chi connectivity index (χ0) is 10.7. The van der Waals surface area contributed by atoms with Crippen LogP contribution in [0.5, 0.6) is 0 Å². The van der Waals surface area contributed by atoms with E-state index in [0.717, 1.165) is 0 Å². The van der Waals surface area contributed by atoms with Crippen LogP contribution in [0, 0.1) is 0 Å². The number of hydrogen-bond donors (Lipinski definition) is 1. The van der Waals surface area contributed by atoms with Crippen LogP contribution in [0.25, 0.3) is 0 Å². The minimum absolute atomic E-state index is 0.130. The molecule has 0 aliphatic rings. The number of hydrogen-bond acceptors (Lipinski definition) is 2. The van der Waals surface area contributed by atoms with Gasteiger partial charge in [-0.25, -0.2) is 8.78 Å². The van der Waals surface area contributed by atoms with Gasteiger partial charge in [0.05, 0.1) is 5.60 Å². The van der Waals surface area contributed by atoms with Gasteiger partial charge in [0.2, 0.25) is 0 Å². The molecule has 0 aliphatic carbocycles. The van der Waals surface area contributed by atoms with Gasteiger partial charge in [-0.1, -0.05) is 0 Å². The van der Waals surface area contributed by atoms with E-state index >= 15 is 0 Å². The summed E-state index contributed by atoms with van der Waals surface area (Å²) >= 11 is 0. The summed E-state index contributed by atoms with van der Waals surface area (Å²) in [6.45, 7) is 2.02. The molecule has 0 aliphatic heterocycles. The number of rotatable bonds is 5. The molecule has 13 heavy (non-hydrogen) atoms. The minimum atomic E-state index is -4.46. The van der Waals surface area contributed by atoms with Crippen molar-refractivity contribution >= 4 is 0 Å². The van der Waals surface area contributed by atoms with Gasteiger partial charge < -0.3 is 9.84 Å². The van der Waals surface area contributed by atoms with Crippen molar-refractivity contribution in [1.29, 1.82) is 0 Å². The van der Waals surface area contributed by atoms with E-state index in [1.165, 1.54) is 13.8 Å². The average molecular weight is 204 g/mol. The Morgan fingerprint density at radius 2 is 1.77 bits per heavy atom. The van der Waals surface area contributed by atoms with Crippen LogP contribution < -0.4 is 0 Å². The smallest absolute Gasteiger partial charge is 0.396 e. The lowest BCUT2D eigenvalue weighted by molar-refractivity contribution is -0.338. The normalized spacial score (nSPS) is 13.8. The molecule has 0 rings (SSSR count). The lowest BCUT2D eigenvalue weighted by Gasteiger charge is -2.29. The number of halogens is 4. The van der Waals surface area contributed by atoms with Crippen LogP contribution in [0.1, 0.15) is 20.3 Å². The standard InChI is InChI=1S/C7H12F4O2/c1-6(2,3-4-12)13-7(10,11)5(8)9/h5,12H,3-4H2,1-2H3. The summed E-state index contributed by atoms with van der Waals surface area (Å²) in [5, 5.41) is 8.42. The molecule has 0 saturated carbocycles. The van der Waals surface area contributed by atoms with Gasteiger partial charge in [0.1, 0.15) is 0 Å². The quantitative estimate of drug-likeness (QED) is 0.694. The molecule has 0 spiro atoms. The Morgan fingerprint density at radius 1 is 1.31 bits per heavy atom. The molecule has 0 aromatic heterocycles. The molecule has 0 atom stereocenters. The first-order valence-corrected chi connectivity index (χ1v) is 3.68. The molecule has 0 aromatic carbocycles. The minimum Gasteiger partial charge on any atom is -0.396 e. The number of ether oxygens (including phenoxy) is 1. The first kappa shape index (κ1) is 12.6. The Labute approximate surface area is 73.5 Å². The highest BCUT2D eigenvalue weighted by atomic mass is 19.3. The number of aliphatic hydroxyl groups excluding tert-OH is 1. The Kier molecular flexibility index (Phi) is 4.12. The fraction of sp³-hybridized carbons (Fsp3) is 1.00. The third-order valence-electron chi connectivity index (χ3n) is 1.38. The van der Waals surface area contributed by atoms with E-state index in [4.69, 9.17) is 5.11 Å². The first-order chi connectivity index (χ1) is 5.71. The second-order valence-electron chi connectivity index (χ2n) is 3.20. The highest BCUT2D eigenvalue weighted by Gasteiger charge is 2.46. The highest BCUT2D eigenvalue weighted by molar-refractivity contribution is 4.71. The van der Waals surface area contributed by atoms with Gasteiger partial charge >= 0.3 is 12.5 Å². The Morgan fingerprint density at radius 3 is 2.08 bits per heavy atom. The van der Waals surface area contributed by atoms with Crippen molar-refractivity contribution in [3.63, 3.8) is 0 Å². The van der Waals surface area contributed by atoms with Crippen LogP contribution in [-0.4, -0.2) is 29.8 Å². The SMILES string of the molecule is CC(C)(CCO)OC(F)(F)C(F)F. The van der Waals surface area contributed by atoms with E-state index in [2.05, 4.69) is 4.74 Å². The van der Waals surface area contributed by atoms with E-state index in [0.29, 0.717) is 0 Å². The molecule has 1 N–H and O–H groups in total. The van der Waals surface area contributed by atoms with Gasteiger partial charge in [-0.3, -0.25) is 0 Å². The van der Waals surface area contributed by atoms with Crippen molar-refractivity contribution in [3.8, 4) is 0 Å². The number of alkyl halides is 4. The summed E-state index contributed by atoms with van der Waals surface area (Å²) in [6, 6.07) is 0. The molecule has 0 unspecified atom stereocenters. The topological polar surface area (TPSA) is 29.5 Å². The molecule has 0 heterocycles. The Hall–Kier alpha value is -0.360. The van der Waals surface area contributed by atoms with Crippen molar-refractivity contribution in [3.05, 3.63) is 0 Å². The van der Waals surface area contributed by atoms with E-state index in [1.54, 1.807) is 0 Å². The molecule has 0 aromatic rings. The largest absolute Gasteiger partial charge is 0.416 e. The van der Waals surface area contributed by atoms with Crippen molar-refractivity contribution < 1.29 is 27.4 Å². The molecule has 80 valence electrons. The summed E-state index contributed by atoms with van der Waals surface area (Å²) in [5.41, 5.74) is -1.46. The molecule has 6 heteroatoms. The van der Waals surface area contributed by atoms with E-state index in [-0.39, 0.29) is 6.42 Å². The van der Waals surface area contributed by atoms with E-state index in [9.17, 15) is 17.6 Å². The van der Waals surface area contributed by atoms with E-state index < -0.39 is 24.7 Å². The van der Waals surface area contributed by atoms with Gasteiger partial charge in [-0.2, -0.15) is 8.78 Å². The molecule has 2 nitrogen and oxygen atoms in total. The van der Waals surface area contributed by atoms with Gasteiger partial charge in [-0.05, 0) is 20.3 Å². The van der Waals surface area contributed by atoms with Gasteiger partial charge in [0.15, 0.2) is 0 Å². The van der Waals surface area contributed by atoms with Gasteiger partial charge in [0.25, 0.3) is 0 Å². The predicted octanol–water partition coefficient (Wildman–Crippen LogP) is 2.02. The van der Waals surface area contributed by atoms with Crippen molar-refractivity contribution in [2.24, 2.45) is 0 Å². The monoisotopic (exact) mass is 204 g/mol. The zero-order valence-corrected chi connectivity index (χ0v) is 7.36. The third-order valence-corrected chi connectivity index (χ3v) is 1.38. The summed E-state index contributed by atoms with van der Waals surface area (Å²) in [7, 11) is 0.